The number of fused-ring (bicyclic) bond motifs is 1. The van der Waals surface area contributed by atoms with Crippen LogP contribution in [0.15, 0.2) is 34.6 Å². The van der Waals surface area contributed by atoms with Gasteiger partial charge in [-0.3, -0.25) is 9.59 Å². The van der Waals surface area contributed by atoms with Crippen LogP contribution in [0, 0.1) is 29.1 Å². The fourth-order valence-electron chi connectivity index (χ4n) is 7.05. The van der Waals surface area contributed by atoms with E-state index in [1.54, 1.807) is 7.11 Å². The van der Waals surface area contributed by atoms with Gasteiger partial charge in [-0.2, -0.15) is 0 Å². The molecule has 0 unspecified atom stereocenters. The van der Waals surface area contributed by atoms with Gasteiger partial charge in [0.2, 0.25) is 11.6 Å². The average molecular weight is 399 g/mol. The molecule has 0 aromatic rings. The van der Waals surface area contributed by atoms with Gasteiger partial charge in [0.05, 0.1) is 20.1 Å². The van der Waals surface area contributed by atoms with Gasteiger partial charge in [0, 0.05) is 31.3 Å². The molecule has 4 nitrogen and oxygen atoms in total. The first kappa shape index (κ1) is 18.7. The van der Waals surface area contributed by atoms with Gasteiger partial charge in [-0.1, -0.05) is 48.6 Å². The van der Waals surface area contributed by atoms with Gasteiger partial charge in [0.15, 0.2) is 5.78 Å². The van der Waals surface area contributed by atoms with Crippen molar-refractivity contribution < 1.29 is 19.1 Å². The van der Waals surface area contributed by atoms with E-state index in [1.165, 1.54) is 11.1 Å². The van der Waals surface area contributed by atoms with Gasteiger partial charge in [0.25, 0.3) is 0 Å². The minimum absolute atomic E-state index is 0.00906. The maximum Gasteiger partial charge on any atom is 0.236 e. The van der Waals surface area contributed by atoms with E-state index in [4.69, 9.17) is 9.47 Å². The number of hydrogen-bond acceptors (Lipinski definition) is 4. The van der Waals surface area contributed by atoms with Crippen LogP contribution in [0.4, 0.5) is 0 Å². The number of hydrogen-bond donors (Lipinski definition) is 0. The van der Waals surface area contributed by atoms with Crippen LogP contribution in [-0.4, -0.2) is 39.1 Å². The smallest absolute Gasteiger partial charge is 0.236 e. The van der Waals surface area contributed by atoms with Gasteiger partial charge in [-0.15, -0.1) is 0 Å². The highest BCUT2D eigenvalue weighted by Gasteiger charge is 2.77. The van der Waals surface area contributed by atoms with Crippen LogP contribution in [-0.2, 0) is 19.1 Å². The fourth-order valence-corrected chi connectivity index (χ4v) is 7.83. The summed E-state index contributed by atoms with van der Waals surface area (Å²) in [7, 11) is 0.176. The molecule has 1 saturated heterocycles. The lowest BCUT2D eigenvalue weighted by molar-refractivity contribution is -0.228. The molecule has 5 heteroatoms. The van der Waals surface area contributed by atoms with Crippen LogP contribution in [0.3, 0.4) is 0 Å². The van der Waals surface area contributed by atoms with Crippen molar-refractivity contribution in [3.63, 3.8) is 0 Å². The Balaban J connectivity index is 1.79. The molecule has 4 bridgehead atoms. The summed E-state index contributed by atoms with van der Waals surface area (Å²) in [5.74, 6) is -0.547. The fraction of sp³-hybridized carbons (Fsp3) is 0.652. The summed E-state index contributed by atoms with van der Waals surface area (Å²) in [5.41, 5.74) is 5.14. The molecule has 150 valence electrons. The third-order valence-electron chi connectivity index (χ3n) is 7.99. The van der Waals surface area contributed by atoms with Crippen molar-refractivity contribution in [2.45, 2.75) is 51.6 Å². The molecule has 0 amide bonds. The van der Waals surface area contributed by atoms with Crippen LogP contribution in [0.25, 0.3) is 0 Å². The predicted molar refractivity (Wildman–Crippen MR) is 109 cm³/mol. The number of methoxy groups -OCH3 is 1. The predicted octanol–water partition coefficient (Wildman–Crippen LogP) is 3.85. The van der Waals surface area contributed by atoms with Crippen molar-refractivity contribution in [1.82, 2.24) is 0 Å². The topological polar surface area (TPSA) is 52.6 Å². The maximum absolute atomic E-state index is 14.2. The molecule has 0 N–H and O–H groups in total. The van der Waals surface area contributed by atoms with E-state index in [0.717, 1.165) is 18.4 Å². The summed E-state index contributed by atoms with van der Waals surface area (Å²) >= 11 is 0. The summed E-state index contributed by atoms with van der Waals surface area (Å²) in [6.07, 6.45) is 6.49. The van der Waals surface area contributed by atoms with E-state index in [2.05, 4.69) is 44.4 Å². The number of allylic oxidation sites excluding steroid dienone is 4. The molecule has 6 rings (SSSR count). The third-order valence-corrected chi connectivity index (χ3v) is 9.18. The van der Waals surface area contributed by atoms with E-state index in [1.807, 2.05) is 0 Å². The number of carbonyl (C=O) groups excluding carboxylic acids is 2. The second kappa shape index (κ2) is 5.64. The molecule has 5 aliphatic carbocycles. The zero-order chi connectivity index (χ0) is 20.1. The van der Waals surface area contributed by atoms with Crippen molar-refractivity contribution in [2.75, 3.05) is 13.7 Å². The normalized spacial score (nSPS) is 44.4. The van der Waals surface area contributed by atoms with E-state index in [0.29, 0.717) is 13.0 Å². The number of ketones is 2. The Kier molecular flexibility index (Phi) is 3.77. The van der Waals surface area contributed by atoms with Crippen LogP contribution >= 0.6 is 0 Å². The Labute approximate surface area is 168 Å². The minimum atomic E-state index is -1.43. The van der Waals surface area contributed by atoms with E-state index in [-0.39, 0.29) is 35.2 Å². The number of ether oxygens (including phenoxy) is 2. The quantitative estimate of drug-likeness (QED) is 0.535. The molecule has 0 radical (unpaired) electrons. The van der Waals surface area contributed by atoms with Crippen molar-refractivity contribution in [2.24, 2.45) is 29.1 Å². The van der Waals surface area contributed by atoms with Gasteiger partial charge >= 0.3 is 0 Å². The highest BCUT2D eigenvalue weighted by molar-refractivity contribution is 6.80. The zero-order valence-corrected chi connectivity index (χ0v) is 18.5. The molecule has 0 aromatic heterocycles. The van der Waals surface area contributed by atoms with Crippen molar-refractivity contribution in [1.29, 1.82) is 0 Å². The van der Waals surface area contributed by atoms with Crippen LogP contribution in [0.5, 0.6) is 0 Å². The van der Waals surface area contributed by atoms with Crippen molar-refractivity contribution in [3.8, 4) is 0 Å². The third kappa shape index (κ3) is 1.98. The summed E-state index contributed by atoms with van der Waals surface area (Å²) in [6.45, 7) is 9.69. The lowest BCUT2D eigenvalue weighted by atomic mass is 9.41. The Bertz CT molecular complexity index is 876. The summed E-state index contributed by atoms with van der Waals surface area (Å²) in [4.78, 5) is 26.9. The largest absolute Gasteiger partial charge is 0.346 e. The molecule has 3 fully saturated rings. The molecule has 1 spiro atoms. The van der Waals surface area contributed by atoms with E-state index >= 15 is 0 Å². The molecular formula is C23H30O4Si. The Morgan fingerprint density at radius 2 is 2.04 bits per heavy atom. The minimum Gasteiger partial charge on any atom is -0.346 e. The van der Waals surface area contributed by atoms with Crippen LogP contribution in [0.1, 0.15) is 26.2 Å². The van der Waals surface area contributed by atoms with Gasteiger partial charge in [-0.25, -0.2) is 0 Å². The number of Topliss-reactive ketones (excluding diaryl/α,β-unsaturated/α-hetero) is 2. The van der Waals surface area contributed by atoms with Gasteiger partial charge < -0.3 is 9.47 Å². The molecule has 6 atom stereocenters. The second-order valence-corrected chi connectivity index (χ2v) is 15.4. The highest BCUT2D eigenvalue weighted by atomic mass is 28.3. The second-order valence-electron chi connectivity index (χ2n) is 10.3. The van der Waals surface area contributed by atoms with Crippen LogP contribution < -0.4 is 0 Å². The molecule has 0 aromatic carbocycles. The Morgan fingerprint density at radius 1 is 1.29 bits per heavy atom. The molecular weight excluding hydrogens is 368 g/mol. The SMILES string of the molecule is CO[C@]12OC[C@@H]3[C@@H](/C=C/[Si](C)(C)C)[C@]4(C1=O)C(=C(C)[C@@H]32)CC=C1C(=O)CC[C@@H]14. The summed E-state index contributed by atoms with van der Waals surface area (Å²) < 4.78 is 12.1. The first-order chi connectivity index (χ1) is 13.2. The molecule has 28 heavy (non-hydrogen) atoms. The Hall–Kier alpha value is -1.30. The molecule has 1 heterocycles. The number of rotatable bonds is 3. The zero-order valence-electron chi connectivity index (χ0n) is 17.5. The maximum atomic E-state index is 14.2. The molecule has 2 saturated carbocycles. The van der Waals surface area contributed by atoms with Gasteiger partial charge in [0.1, 0.15) is 0 Å². The monoisotopic (exact) mass is 398 g/mol. The van der Waals surface area contributed by atoms with E-state index < -0.39 is 19.3 Å². The van der Waals surface area contributed by atoms with Crippen molar-refractivity contribution in [3.05, 3.63) is 34.6 Å². The molecule has 1 aliphatic heterocycles. The highest BCUT2D eigenvalue weighted by Crippen LogP contribution is 2.71. The molecule has 6 aliphatic rings. The lowest BCUT2D eigenvalue weighted by Gasteiger charge is -2.61. The summed E-state index contributed by atoms with van der Waals surface area (Å²) in [6, 6.07) is 0. The van der Waals surface area contributed by atoms with Crippen LogP contribution in [0.2, 0.25) is 19.6 Å². The standard InChI is InChI=1S/C23H30O4Si/c1-13-16-7-6-14-17(8-9-19(14)24)22(16)18(10-11-28(3,4)5)15-12-27-23(26-2,20(13)15)21(22)25/h6,10-11,15,17-18,20H,7-9,12H2,1-5H3/b11-10+/t15-,17+,18-,20+,22+,23-/m1/s1. The van der Waals surface area contributed by atoms with Gasteiger partial charge in [-0.05, 0) is 31.3 Å². The summed E-state index contributed by atoms with van der Waals surface area (Å²) in [5, 5.41) is 0. The van der Waals surface area contributed by atoms with E-state index in [9.17, 15) is 9.59 Å². The van der Waals surface area contributed by atoms with Crippen molar-refractivity contribution >= 4 is 19.6 Å². The lowest BCUT2D eigenvalue weighted by Crippen LogP contribution is -2.68. The number of carbonyl (C=O) groups is 2. The average Bonchev–Trinajstić information content (AvgIpc) is 3.19. The Morgan fingerprint density at radius 3 is 2.71 bits per heavy atom. The first-order valence-corrected chi connectivity index (χ1v) is 14.1. The first-order valence-electron chi connectivity index (χ1n) is 10.5.